The van der Waals surface area contributed by atoms with E-state index in [0.29, 0.717) is 24.7 Å². The Morgan fingerprint density at radius 3 is 2.47 bits per heavy atom. The molecule has 0 aliphatic rings. The van der Waals surface area contributed by atoms with Gasteiger partial charge in [-0.1, -0.05) is 60.1 Å². The zero-order valence-corrected chi connectivity index (χ0v) is 21.1. The Kier molecular flexibility index (Phi) is 8.65. The Hall–Kier alpha value is -2.63. The molecule has 1 aromatic carbocycles. The van der Waals surface area contributed by atoms with Gasteiger partial charge in [0.1, 0.15) is 5.82 Å². The van der Waals surface area contributed by atoms with Crippen molar-refractivity contribution in [2.24, 2.45) is 5.92 Å². The summed E-state index contributed by atoms with van der Waals surface area (Å²) in [4.78, 5) is 27.4. The lowest BCUT2D eigenvalue weighted by Gasteiger charge is -2.24. The minimum Gasteiger partial charge on any atom is -0.333 e. The highest BCUT2D eigenvalue weighted by atomic mass is 16.2. The summed E-state index contributed by atoms with van der Waals surface area (Å²) in [6.45, 7) is 17.2. The predicted molar refractivity (Wildman–Crippen MR) is 131 cm³/mol. The van der Waals surface area contributed by atoms with Crippen molar-refractivity contribution in [2.75, 3.05) is 18.4 Å². The molecular formula is C26H40N4O2. The number of hydrogen-bond acceptors (Lipinski definition) is 3. The van der Waals surface area contributed by atoms with E-state index in [2.05, 4.69) is 66.8 Å². The van der Waals surface area contributed by atoms with E-state index in [4.69, 9.17) is 5.10 Å². The first-order chi connectivity index (χ1) is 14.9. The van der Waals surface area contributed by atoms with E-state index in [9.17, 15) is 9.59 Å². The summed E-state index contributed by atoms with van der Waals surface area (Å²) in [5.74, 6) is 0.747. The summed E-state index contributed by atoms with van der Waals surface area (Å²) >= 11 is 0. The summed E-state index contributed by atoms with van der Waals surface area (Å²) in [6.07, 6.45) is 2.27. The Bertz CT molecular complexity index is 938. The van der Waals surface area contributed by atoms with Gasteiger partial charge in [-0.15, -0.1) is 0 Å². The summed E-state index contributed by atoms with van der Waals surface area (Å²) in [7, 11) is 0. The highest BCUT2D eigenvalue weighted by Gasteiger charge is 2.24. The SMILES string of the molecule is CCCCC(=O)N(CC(=O)Nc1cc(C(C)(C)C)nn1-c1cccc(C)c1C)CC(C)C. The minimum absolute atomic E-state index is 0.0362. The van der Waals surface area contributed by atoms with Gasteiger partial charge in [-0.2, -0.15) is 5.10 Å². The molecule has 0 atom stereocenters. The molecule has 2 rings (SSSR count). The van der Waals surface area contributed by atoms with E-state index in [1.54, 1.807) is 4.90 Å². The van der Waals surface area contributed by atoms with Gasteiger partial charge in [0.2, 0.25) is 11.8 Å². The fraction of sp³-hybridized carbons (Fsp3) is 0.577. The maximum atomic E-state index is 13.0. The summed E-state index contributed by atoms with van der Waals surface area (Å²) in [5, 5.41) is 7.86. The lowest BCUT2D eigenvalue weighted by molar-refractivity contribution is -0.135. The Morgan fingerprint density at radius 2 is 1.88 bits per heavy atom. The number of carbonyl (C=O) groups is 2. The lowest BCUT2D eigenvalue weighted by Crippen LogP contribution is -2.40. The molecule has 32 heavy (non-hydrogen) atoms. The van der Waals surface area contributed by atoms with Crippen LogP contribution in [0.1, 0.15) is 77.6 Å². The quantitative estimate of drug-likeness (QED) is 0.568. The fourth-order valence-electron chi connectivity index (χ4n) is 3.52. The first-order valence-electron chi connectivity index (χ1n) is 11.7. The monoisotopic (exact) mass is 440 g/mol. The van der Waals surface area contributed by atoms with E-state index in [-0.39, 0.29) is 23.8 Å². The Morgan fingerprint density at radius 1 is 1.19 bits per heavy atom. The van der Waals surface area contributed by atoms with Crippen molar-refractivity contribution in [1.82, 2.24) is 14.7 Å². The fourth-order valence-corrected chi connectivity index (χ4v) is 3.52. The Labute approximate surface area is 193 Å². The van der Waals surface area contributed by atoms with Crippen molar-refractivity contribution in [3.63, 3.8) is 0 Å². The average Bonchev–Trinajstić information content (AvgIpc) is 3.11. The smallest absolute Gasteiger partial charge is 0.245 e. The standard InChI is InChI=1S/C26H40N4O2/c1-9-10-14-25(32)29(16-18(2)3)17-24(31)27-23-15-22(26(6,7)8)28-30(23)21-13-11-12-19(4)20(21)5/h11-13,15,18H,9-10,14,16-17H2,1-8H3,(H,27,31). The molecule has 1 aromatic heterocycles. The summed E-state index contributed by atoms with van der Waals surface area (Å²) in [5.41, 5.74) is 3.95. The maximum absolute atomic E-state index is 13.0. The molecule has 0 saturated heterocycles. The largest absolute Gasteiger partial charge is 0.333 e. The summed E-state index contributed by atoms with van der Waals surface area (Å²) < 4.78 is 1.81. The average molecular weight is 441 g/mol. The van der Waals surface area contributed by atoms with Gasteiger partial charge in [0.25, 0.3) is 0 Å². The molecule has 0 aliphatic carbocycles. The maximum Gasteiger partial charge on any atom is 0.245 e. The zero-order chi connectivity index (χ0) is 24.1. The number of aryl methyl sites for hydroxylation is 1. The molecule has 0 spiro atoms. The highest BCUT2D eigenvalue weighted by molar-refractivity contribution is 5.94. The normalized spacial score (nSPS) is 11.7. The van der Waals surface area contributed by atoms with Crippen LogP contribution in [0.25, 0.3) is 5.69 Å². The number of benzene rings is 1. The van der Waals surface area contributed by atoms with Gasteiger partial charge in [-0.25, -0.2) is 4.68 Å². The second kappa shape index (κ2) is 10.8. The van der Waals surface area contributed by atoms with Crippen LogP contribution in [0.2, 0.25) is 0 Å². The van der Waals surface area contributed by atoms with Crippen molar-refractivity contribution in [3.8, 4) is 5.69 Å². The van der Waals surface area contributed by atoms with Gasteiger partial charge >= 0.3 is 0 Å². The van der Waals surface area contributed by atoms with Crippen LogP contribution in [0.3, 0.4) is 0 Å². The number of unbranched alkanes of at least 4 members (excludes halogenated alkanes) is 1. The lowest BCUT2D eigenvalue weighted by atomic mass is 9.92. The molecule has 6 nitrogen and oxygen atoms in total. The minimum atomic E-state index is -0.206. The third-order valence-corrected chi connectivity index (χ3v) is 5.57. The van der Waals surface area contributed by atoms with Gasteiger partial charge in [-0.05, 0) is 43.4 Å². The van der Waals surface area contributed by atoms with E-state index >= 15 is 0 Å². The molecule has 6 heteroatoms. The number of nitrogens with one attached hydrogen (secondary N) is 1. The van der Waals surface area contributed by atoms with Crippen LogP contribution in [-0.4, -0.2) is 39.6 Å². The molecule has 176 valence electrons. The molecule has 0 bridgehead atoms. The number of nitrogens with zero attached hydrogens (tertiary/aromatic N) is 3. The van der Waals surface area contributed by atoms with Gasteiger partial charge < -0.3 is 10.2 Å². The third kappa shape index (κ3) is 6.68. The van der Waals surface area contributed by atoms with Crippen LogP contribution < -0.4 is 5.32 Å². The number of aromatic nitrogens is 2. The van der Waals surface area contributed by atoms with Crippen molar-refractivity contribution in [3.05, 3.63) is 41.1 Å². The van der Waals surface area contributed by atoms with Crippen molar-refractivity contribution >= 4 is 17.6 Å². The van der Waals surface area contributed by atoms with E-state index in [1.807, 2.05) is 22.9 Å². The zero-order valence-electron chi connectivity index (χ0n) is 21.1. The molecule has 1 N–H and O–H groups in total. The molecular weight excluding hydrogens is 400 g/mol. The van der Waals surface area contributed by atoms with Crippen LogP contribution in [0.15, 0.2) is 24.3 Å². The van der Waals surface area contributed by atoms with Crippen LogP contribution >= 0.6 is 0 Å². The predicted octanol–water partition coefficient (Wildman–Crippen LogP) is 5.40. The van der Waals surface area contributed by atoms with Gasteiger partial charge in [0.15, 0.2) is 0 Å². The molecule has 0 unspecified atom stereocenters. The van der Waals surface area contributed by atoms with Crippen molar-refractivity contribution in [1.29, 1.82) is 0 Å². The van der Waals surface area contributed by atoms with Gasteiger partial charge in [0.05, 0.1) is 17.9 Å². The first-order valence-corrected chi connectivity index (χ1v) is 11.7. The van der Waals surface area contributed by atoms with Crippen molar-refractivity contribution in [2.45, 2.75) is 80.1 Å². The van der Waals surface area contributed by atoms with Crippen LogP contribution in [0.5, 0.6) is 0 Å². The molecule has 0 fully saturated rings. The number of rotatable bonds is 9. The second-order valence-electron chi connectivity index (χ2n) is 10.1. The first kappa shape index (κ1) is 25.6. The third-order valence-electron chi connectivity index (χ3n) is 5.57. The molecule has 0 aliphatic heterocycles. The van der Waals surface area contributed by atoms with Crippen LogP contribution in [0, 0.1) is 19.8 Å². The second-order valence-corrected chi connectivity index (χ2v) is 10.1. The van der Waals surface area contributed by atoms with Crippen LogP contribution in [-0.2, 0) is 15.0 Å². The van der Waals surface area contributed by atoms with Crippen molar-refractivity contribution < 1.29 is 9.59 Å². The topological polar surface area (TPSA) is 67.2 Å². The van der Waals surface area contributed by atoms with Gasteiger partial charge in [0, 0.05) is 24.4 Å². The molecule has 0 radical (unpaired) electrons. The number of carbonyl (C=O) groups excluding carboxylic acids is 2. The van der Waals surface area contributed by atoms with Crippen LogP contribution in [0.4, 0.5) is 5.82 Å². The molecule has 2 aromatic rings. The van der Waals surface area contributed by atoms with E-state index in [1.165, 1.54) is 0 Å². The molecule has 2 amide bonds. The Balaban J connectivity index is 2.33. The molecule has 1 heterocycles. The van der Waals surface area contributed by atoms with Gasteiger partial charge in [-0.3, -0.25) is 9.59 Å². The van der Waals surface area contributed by atoms with E-state index in [0.717, 1.165) is 35.3 Å². The number of amides is 2. The number of anilines is 1. The summed E-state index contributed by atoms with van der Waals surface area (Å²) in [6, 6.07) is 8.01. The molecule has 0 saturated carbocycles. The highest BCUT2D eigenvalue weighted by Crippen LogP contribution is 2.28. The number of hydrogen-bond donors (Lipinski definition) is 1. The van der Waals surface area contributed by atoms with E-state index < -0.39 is 0 Å².